The minimum atomic E-state index is -4.31. The van der Waals surface area contributed by atoms with Crippen molar-refractivity contribution < 1.29 is 18.0 Å². The van der Waals surface area contributed by atoms with E-state index >= 15 is 0 Å². The van der Waals surface area contributed by atoms with E-state index in [2.05, 4.69) is 4.90 Å². The first-order valence-electron chi connectivity index (χ1n) is 11.7. The van der Waals surface area contributed by atoms with E-state index in [4.69, 9.17) is 0 Å². The molecule has 0 N–H and O–H groups in total. The number of amides is 1. The van der Waals surface area contributed by atoms with E-state index in [-0.39, 0.29) is 11.8 Å². The highest BCUT2D eigenvalue weighted by molar-refractivity contribution is 6.00. The fourth-order valence-electron chi connectivity index (χ4n) is 4.62. The number of likely N-dealkylation sites (tertiary alicyclic amines) is 1. The average molecular weight is 467 g/mol. The second kappa shape index (κ2) is 10.9. The normalized spacial score (nSPS) is 15.3. The molecule has 0 aliphatic carbocycles. The lowest BCUT2D eigenvalue weighted by molar-refractivity contribution is -0.137. The molecule has 0 atom stereocenters. The van der Waals surface area contributed by atoms with Gasteiger partial charge in [0.2, 0.25) is 5.91 Å². The zero-order valence-corrected chi connectivity index (χ0v) is 19.0. The molecule has 0 spiro atoms. The summed E-state index contributed by atoms with van der Waals surface area (Å²) in [5.74, 6) is 0.197. The summed E-state index contributed by atoms with van der Waals surface area (Å²) in [4.78, 5) is 17.2. The van der Waals surface area contributed by atoms with Gasteiger partial charge in [0, 0.05) is 17.8 Å². The number of anilines is 2. The minimum absolute atomic E-state index is 0.0521. The van der Waals surface area contributed by atoms with Gasteiger partial charge in [-0.3, -0.25) is 9.69 Å². The zero-order chi connectivity index (χ0) is 24.0. The second-order valence-electron chi connectivity index (χ2n) is 8.74. The topological polar surface area (TPSA) is 23.6 Å². The van der Waals surface area contributed by atoms with Gasteiger partial charge in [-0.25, -0.2) is 0 Å². The van der Waals surface area contributed by atoms with Crippen molar-refractivity contribution >= 4 is 17.3 Å². The van der Waals surface area contributed by atoms with Crippen molar-refractivity contribution in [3.05, 3.63) is 96.1 Å². The monoisotopic (exact) mass is 466 g/mol. The first-order chi connectivity index (χ1) is 16.4. The smallest absolute Gasteiger partial charge is 0.303 e. The van der Waals surface area contributed by atoms with Crippen LogP contribution in [0.3, 0.4) is 0 Å². The van der Waals surface area contributed by atoms with E-state index in [0.717, 1.165) is 61.9 Å². The van der Waals surface area contributed by atoms with Crippen LogP contribution in [0.4, 0.5) is 24.5 Å². The molecule has 3 nitrogen and oxygen atoms in total. The third-order valence-electron chi connectivity index (χ3n) is 6.42. The van der Waals surface area contributed by atoms with Gasteiger partial charge < -0.3 is 4.90 Å². The third-order valence-corrected chi connectivity index (χ3v) is 6.42. The number of nitrogens with zero attached hydrogens (tertiary/aromatic N) is 2. The van der Waals surface area contributed by atoms with E-state index in [1.807, 2.05) is 60.7 Å². The van der Waals surface area contributed by atoms with Crippen molar-refractivity contribution in [3.8, 4) is 0 Å². The van der Waals surface area contributed by atoms with Crippen molar-refractivity contribution in [3.63, 3.8) is 0 Å². The number of rotatable bonds is 7. The molecule has 3 aromatic carbocycles. The molecule has 1 fully saturated rings. The fraction of sp³-hybridized carbons (Fsp3) is 0.321. The van der Waals surface area contributed by atoms with Gasteiger partial charge in [-0.15, -0.1) is 0 Å². The van der Waals surface area contributed by atoms with Gasteiger partial charge in [-0.05, 0) is 80.7 Å². The maximum absolute atomic E-state index is 13.2. The van der Waals surface area contributed by atoms with Gasteiger partial charge in [-0.1, -0.05) is 54.6 Å². The van der Waals surface area contributed by atoms with Crippen molar-refractivity contribution in [1.82, 2.24) is 4.90 Å². The van der Waals surface area contributed by atoms with Crippen LogP contribution in [0.15, 0.2) is 84.9 Å². The maximum Gasteiger partial charge on any atom is 0.416 e. The fourth-order valence-corrected chi connectivity index (χ4v) is 4.62. The molecule has 0 unspecified atom stereocenters. The van der Waals surface area contributed by atoms with Crippen LogP contribution in [-0.2, 0) is 11.0 Å². The van der Waals surface area contributed by atoms with Crippen molar-refractivity contribution in [2.45, 2.75) is 37.8 Å². The van der Waals surface area contributed by atoms with Gasteiger partial charge in [-0.2, -0.15) is 13.2 Å². The molecule has 0 bridgehead atoms. The highest BCUT2D eigenvalue weighted by Crippen LogP contribution is 2.34. The Morgan fingerprint density at radius 1 is 0.853 bits per heavy atom. The lowest BCUT2D eigenvalue weighted by Crippen LogP contribution is -2.34. The molecular formula is C28H29F3N2O. The predicted molar refractivity (Wildman–Crippen MR) is 129 cm³/mol. The summed E-state index contributed by atoms with van der Waals surface area (Å²) in [7, 11) is 0. The van der Waals surface area contributed by atoms with Gasteiger partial charge in [0.05, 0.1) is 5.56 Å². The van der Waals surface area contributed by atoms with E-state index < -0.39 is 11.7 Å². The first kappa shape index (κ1) is 24.0. The Morgan fingerprint density at radius 2 is 1.44 bits per heavy atom. The summed E-state index contributed by atoms with van der Waals surface area (Å²) in [6.07, 6.45) is -1.48. The average Bonchev–Trinajstić information content (AvgIpc) is 2.86. The SMILES string of the molecule is O=C(CCCN1CCC(c2cccc(C(F)(F)F)c2)CC1)N(c1ccccc1)c1ccccc1. The van der Waals surface area contributed by atoms with Crippen molar-refractivity contribution in [1.29, 1.82) is 0 Å². The molecule has 1 saturated heterocycles. The van der Waals surface area contributed by atoms with Crippen molar-refractivity contribution in [2.24, 2.45) is 0 Å². The van der Waals surface area contributed by atoms with Crippen LogP contribution in [-0.4, -0.2) is 30.4 Å². The van der Waals surface area contributed by atoms with Gasteiger partial charge >= 0.3 is 6.18 Å². The molecule has 1 heterocycles. The van der Waals surface area contributed by atoms with Crippen LogP contribution in [0.1, 0.15) is 42.7 Å². The Hall–Kier alpha value is -3.12. The Kier molecular flexibility index (Phi) is 7.68. The van der Waals surface area contributed by atoms with E-state index in [1.165, 1.54) is 12.1 Å². The number of carbonyl (C=O) groups is 1. The molecule has 34 heavy (non-hydrogen) atoms. The Labute approximate surface area is 198 Å². The highest BCUT2D eigenvalue weighted by Gasteiger charge is 2.31. The summed E-state index contributed by atoms with van der Waals surface area (Å²) in [5.41, 5.74) is 1.89. The first-order valence-corrected chi connectivity index (χ1v) is 11.7. The quantitative estimate of drug-likeness (QED) is 0.373. The Morgan fingerprint density at radius 3 is 2.00 bits per heavy atom. The number of halogens is 3. The summed E-state index contributed by atoms with van der Waals surface area (Å²) in [6, 6.07) is 25.0. The Balaban J connectivity index is 1.30. The molecule has 0 radical (unpaired) electrons. The molecular weight excluding hydrogens is 437 g/mol. The van der Waals surface area contributed by atoms with Crippen LogP contribution >= 0.6 is 0 Å². The second-order valence-corrected chi connectivity index (χ2v) is 8.74. The largest absolute Gasteiger partial charge is 0.416 e. The molecule has 1 amide bonds. The molecule has 0 saturated carbocycles. The number of alkyl halides is 3. The van der Waals surface area contributed by atoms with E-state index in [0.29, 0.717) is 6.42 Å². The standard InChI is InChI=1S/C28H29F3N2O/c29-28(30,31)24-10-7-9-23(21-24)22-16-19-32(20-17-22)18-8-15-27(34)33(25-11-3-1-4-12-25)26-13-5-2-6-14-26/h1-7,9-14,21-22H,8,15-20H2. The van der Waals surface area contributed by atoms with Crippen LogP contribution < -0.4 is 4.90 Å². The molecule has 4 rings (SSSR count). The molecule has 0 aromatic heterocycles. The zero-order valence-electron chi connectivity index (χ0n) is 19.0. The van der Waals surface area contributed by atoms with Crippen LogP contribution in [0, 0.1) is 0 Å². The lowest BCUT2D eigenvalue weighted by Gasteiger charge is -2.32. The number of hydrogen-bond donors (Lipinski definition) is 0. The van der Waals surface area contributed by atoms with E-state index in [9.17, 15) is 18.0 Å². The van der Waals surface area contributed by atoms with Crippen molar-refractivity contribution in [2.75, 3.05) is 24.5 Å². The molecule has 3 aromatic rings. The predicted octanol–water partition coefficient (Wildman–Crippen LogP) is 7.03. The minimum Gasteiger partial charge on any atom is -0.303 e. The third kappa shape index (κ3) is 6.06. The van der Waals surface area contributed by atoms with Crippen LogP contribution in [0.2, 0.25) is 0 Å². The molecule has 1 aliphatic heterocycles. The number of benzene rings is 3. The van der Waals surface area contributed by atoms with Gasteiger partial charge in [0.15, 0.2) is 0 Å². The number of hydrogen-bond acceptors (Lipinski definition) is 2. The maximum atomic E-state index is 13.2. The van der Waals surface area contributed by atoms with Crippen LogP contribution in [0.5, 0.6) is 0 Å². The van der Waals surface area contributed by atoms with Crippen LogP contribution in [0.25, 0.3) is 0 Å². The molecule has 1 aliphatic rings. The summed E-state index contributed by atoms with van der Waals surface area (Å²) < 4.78 is 39.1. The van der Waals surface area contributed by atoms with Gasteiger partial charge in [0.1, 0.15) is 0 Å². The Bertz CT molecular complexity index is 1020. The number of para-hydroxylation sites is 2. The van der Waals surface area contributed by atoms with E-state index in [1.54, 1.807) is 11.0 Å². The number of carbonyl (C=O) groups excluding carboxylic acids is 1. The molecule has 178 valence electrons. The summed E-state index contributed by atoms with van der Waals surface area (Å²) >= 11 is 0. The summed E-state index contributed by atoms with van der Waals surface area (Å²) in [5, 5.41) is 0. The summed E-state index contributed by atoms with van der Waals surface area (Å²) in [6.45, 7) is 2.46. The number of piperidine rings is 1. The van der Waals surface area contributed by atoms with Gasteiger partial charge in [0.25, 0.3) is 0 Å². The molecule has 6 heteroatoms. The lowest BCUT2D eigenvalue weighted by atomic mass is 9.88. The highest BCUT2D eigenvalue weighted by atomic mass is 19.4.